The molecule has 3 nitrogen and oxygen atoms in total. The van der Waals surface area contributed by atoms with Gasteiger partial charge >= 0.3 is 5.97 Å². The van der Waals surface area contributed by atoms with Crippen molar-refractivity contribution in [3.05, 3.63) is 0 Å². The second-order valence-electron chi connectivity index (χ2n) is 2.60. The Kier molecular flexibility index (Phi) is 10.5. The van der Waals surface area contributed by atoms with Crippen LogP contribution < -0.4 is 5.73 Å². The monoisotopic (exact) mass is 195 g/mol. The van der Waals surface area contributed by atoms with Crippen LogP contribution in [0.25, 0.3) is 0 Å². The molecule has 0 aliphatic rings. The molecule has 0 spiro atoms. The van der Waals surface area contributed by atoms with Crippen LogP contribution in [0.5, 0.6) is 0 Å². The zero-order chi connectivity index (χ0) is 8.69. The molecule has 0 aromatic heterocycles. The zero-order valence-electron chi connectivity index (χ0n) is 7.71. The molecule has 0 fully saturated rings. The van der Waals surface area contributed by atoms with Crippen molar-refractivity contribution in [2.24, 2.45) is 11.7 Å². The summed E-state index contributed by atoms with van der Waals surface area (Å²) in [7, 11) is 1.40. The molecule has 0 aromatic carbocycles. The van der Waals surface area contributed by atoms with Crippen molar-refractivity contribution >= 4 is 18.4 Å². The quantitative estimate of drug-likeness (QED) is 0.674. The summed E-state index contributed by atoms with van der Waals surface area (Å²) >= 11 is 0. The van der Waals surface area contributed by atoms with Gasteiger partial charge in [0.1, 0.15) is 0 Å². The highest BCUT2D eigenvalue weighted by Crippen LogP contribution is 2.08. The number of unbranched alkanes of at least 4 members (excludes halogenated alkanes) is 1. The Hall–Kier alpha value is -0.280. The lowest BCUT2D eigenvalue weighted by molar-refractivity contribution is -0.145. The van der Waals surface area contributed by atoms with E-state index in [-0.39, 0.29) is 24.3 Å². The molecule has 1 atom stereocenters. The highest BCUT2D eigenvalue weighted by molar-refractivity contribution is 5.85. The molecule has 0 aliphatic heterocycles. The summed E-state index contributed by atoms with van der Waals surface area (Å²) in [6, 6.07) is 0. The summed E-state index contributed by atoms with van der Waals surface area (Å²) in [6.45, 7) is 2.48. The average molecular weight is 196 g/mol. The predicted octanol–water partition coefficient (Wildman–Crippen LogP) is 1.35. The molecule has 0 heterocycles. The Morgan fingerprint density at radius 3 is 2.50 bits per heavy atom. The maximum Gasteiger partial charge on any atom is 0.309 e. The van der Waals surface area contributed by atoms with E-state index in [2.05, 4.69) is 11.7 Å². The third-order valence-electron chi connectivity index (χ3n) is 1.73. The number of nitrogens with two attached hydrogens (primary N) is 1. The standard InChI is InChI=1S/C8H17NO2.ClH/c1-3-4-5-7(6-9)8(10)11-2;/h7H,3-6,9H2,1-2H3;1H. The van der Waals surface area contributed by atoms with Gasteiger partial charge in [-0.05, 0) is 6.42 Å². The van der Waals surface area contributed by atoms with Crippen LogP contribution in [-0.2, 0) is 9.53 Å². The van der Waals surface area contributed by atoms with Gasteiger partial charge in [0.2, 0.25) is 0 Å². The Bertz CT molecular complexity index is 120. The molecular formula is C8H18ClNO2. The summed E-state index contributed by atoms with van der Waals surface area (Å²) in [5, 5.41) is 0. The van der Waals surface area contributed by atoms with Crippen molar-refractivity contribution in [1.82, 2.24) is 0 Å². The number of hydrogen-bond acceptors (Lipinski definition) is 3. The molecule has 0 saturated heterocycles. The molecule has 0 rings (SSSR count). The summed E-state index contributed by atoms with van der Waals surface area (Å²) in [5.74, 6) is -0.277. The van der Waals surface area contributed by atoms with Crippen molar-refractivity contribution < 1.29 is 9.53 Å². The molecule has 1 unspecified atom stereocenters. The average Bonchev–Trinajstić information content (AvgIpc) is 2.05. The van der Waals surface area contributed by atoms with E-state index in [1.165, 1.54) is 7.11 Å². The van der Waals surface area contributed by atoms with E-state index in [0.717, 1.165) is 19.3 Å². The lowest BCUT2D eigenvalue weighted by atomic mass is 10.0. The van der Waals surface area contributed by atoms with Crippen LogP contribution in [0.3, 0.4) is 0 Å². The van der Waals surface area contributed by atoms with E-state index in [1.54, 1.807) is 0 Å². The lowest BCUT2D eigenvalue weighted by Crippen LogP contribution is -2.24. The zero-order valence-corrected chi connectivity index (χ0v) is 8.52. The van der Waals surface area contributed by atoms with Crippen LogP contribution in [0.15, 0.2) is 0 Å². The maximum absolute atomic E-state index is 10.9. The molecule has 0 radical (unpaired) electrons. The van der Waals surface area contributed by atoms with Gasteiger partial charge in [0.25, 0.3) is 0 Å². The molecular weight excluding hydrogens is 178 g/mol. The normalized spacial score (nSPS) is 11.6. The lowest BCUT2D eigenvalue weighted by Gasteiger charge is -2.10. The second kappa shape index (κ2) is 8.81. The Morgan fingerprint density at radius 2 is 2.17 bits per heavy atom. The summed E-state index contributed by atoms with van der Waals surface area (Å²) in [5.41, 5.74) is 5.39. The largest absolute Gasteiger partial charge is 0.469 e. The van der Waals surface area contributed by atoms with Crippen LogP contribution in [0.1, 0.15) is 26.2 Å². The van der Waals surface area contributed by atoms with Crippen molar-refractivity contribution in [2.75, 3.05) is 13.7 Å². The molecule has 0 amide bonds. The topological polar surface area (TPSA) is 52.3 Å². The number of hydrogen-bond donors (Lipinski definition) is 1. The maximum atomic E-state index is 10.9. The molecule has 4 heteroatoms. The van der Waals surface area contributed by atoms with Crippen molar-refractivity contribution in [3.63, 3.8) is 0 Å². The minimum Gasteiger partial charge on any atom is -0.469 e. The van der Waals surface area contributed by atoms with Gasteiger partial charge in [0.15, 0.2) is 0 Å². The van der Waals surface area contributed by atoms with Crippen molar-refractivity contribution in [1.29, 1.82) is 0 Å². The van der Waals surface area contributed by atoms with Gasteiger partial charge in [-0.1, -0.05) is 19.8 Å². The van der Waals surface area contributed by atoms with Gasteiger partial charge in [-0.2, -0.15) is 0 Å². The molecule has 74 valence electrons. The fourth-order valence-electron chi connectivity index (χ4n) is 0.949. The van der Waals surface area contributed by atoms with E-state index < -0.39 is 0 Å². The van der Waals surface area contributed by atoms with E-state index in [1.807, 2.05) is 0 Å². The summed E-state index contributed by atoms with van der Waals surface area (Å²) in [6.07, 6.45) is 2.98. The van der Waals surface area contributed by atoms with Gasteiger partial charge < -0.3 is 10.5 Å². The molecule has 0 saturated carbocycles. The number of ether oxygens (including phenoxy) is 1. The fraction of sp³-hybridized carbons (Fsp3) is 0.875. The van der Waals surface area contributed by atoms with Gasteiger partial charge in [0, 0.05) is 6.54 Å². The van der Waals surface area contributed by atoms with Crippen LogP contribution >= 0.6 is 12.4 Å². The van der Waals surface area contributed by atoms with E-state index in [4.69, 9.17) is 5.73 Å². The predicted molar refractivity (Wildman–Crippen MR) is 51.3 cm³/mol. The molecule has 0 aliphatic carbocycles. The van der Waals surface area contributed by atoms with Crippen LogP contribution in [0.2, 0.25) is 0 Å². The van der Waals surface area contributed by atoms with Crippen molar-refractivity contribution in [2.45, 2.75) is 26.2 Å². The molecule has 2 N–H and O–H groups in total. The number of carbonyl (C=O) groups excluding carboxylic acids is 1. The first-order valence-electron chi connectivity index (χ1n) is 4.04. The minimum atomic E-state index is -0.180. The van der Waals surface area contributed by atoms with E-state index >= 15 is 0 Å². The van der Waals surface area contributed by atoms with E-state index in [9.17, 15) is 4.79 Å². The van der Waals surface area contributed by atoms with Crippen LogP contribution in [0, 0.1) is 5.92 Å². The first kappa shape index (κ1) is 14.3. The number of carbonyl (C=O) groups is 1. The Labute approximate surface area is 80.1 Å². The van der Waals surface area contributed by atoms with Crippen LogP contribution in [-0.4, -0.2) is 19.6 Å². The molecule has 0 bridgehead atoms. The Balaban J connectivity index is 0. The minimum absolute atomic E-state index is 0. The van der Waals surface area contributed by atoms with Gasteiger partial charge in [-0.25, -0.2) is 0 Å². The number of halogens is 1. The number of rotatable bonds is 5. The number of methoxy groups -OCH3 is 1. The highest BCUT2D eigenvalue weighted by atomic mass is 35.5. The van der Waals surface area contributed by atoms with Crippen LogP contribution in [0.4, 0.5) is 0 Å². The SMILES string of the molecule is CCCCC(CN)C(=O)OC.Cl. The molecule has 0 aromatic rings. The smallest absolute Gasteiger partial charge is 0.309 e. The first-order valence-corrected chi connectivity index (χ1v) is 4.04. The third kappa shape index (κ3) is 5.38. The third-order valence-corrected chi connectivity index (χ3v) is 1.73. The van der Waals surface area contributed by atoms with E-state index in [0.29, 0.717) is 6.54 Å². The molecule has 12 heavy (non-hydrogen) atoms. The van der Waals surface area contributed by atoms with Gasteiger partial charge in [-0.15, -0.1) is 12.4 Å². The first-order chi connectivity index (χ1) is 5.26. The fourth-order valence-corrected chi connectivity index (χ4v) is 0.949. The van der Waals surface area contributed by atoms with Crippen molar-refractivity contribution in [3.8, 4) is 0 Å². The Morgan fingerprint density at radius 1 is 1.58 bits per heavy atom. The highest BCUT2D eigenvalue weighted by Gasteiger charge is 2.15. The number of esters is 1. The summed E-state index contributed by atoms with van der Waals surface area (Å²) < 4.78 is 4.58. The van der Waals surface area contributed by atoms with Gasteiger partial charge in [-0.3, -0.25) is 4.79 Å². The second-order valence-corrected chi connectivity index (χ2v) is 2.60. The van der Waals surface area contributed by atoms with Gasteiger partial charge in [0.05, 0.1) is 13.0 Å². The summed E-state index contributed by atoms with van der Waals surface area (Å²) in [4.78, 5) is 10.9.